The van der Waals surface area contributed by atoms with Gasteiger partial charge in [-0.05, 0) is 66.4 Å². The third-order valence-electron chi connectivity index (χ3n) is 5.61. The molecule has 1 fully saturated rings. The quantitative estimate of drug-likeness (QED) is 0.605. The van der Waals surface area contributed by atoms with Gasteiger partial charge in [-0.15, -0.1) is 0 Å². The molecule has 0 unspecified atom stereocenters. The summed E-state index contributed by atoms with van der Waals surface area (Å²) in [6.45, 7) is 3.48. The molecule has 1 saturated heterocycles. The number of nitrogens with zero attached hydrogens (tertiary/aromatic N) is 2. The van der Waals surface area contributed by atoms with E-state index in [1.807, 2.05) is 30.3 Å². The maximum Gasteiger partial charge on any atom is 0.240 e. The number of hydrogen-bond donors (Lipinski definition) is 1. The Hall–Kier alpha value is -2.98. The fourth-order valence-corrected chi connectivity index (χ4v) is 4.99. The summed E-state index contributed by atoms with van der Waals surface area (Å²) in [5.41, 5.74) is 4.57. The monoisotopic (exact) mass is 431 g/mol. The van der Waals surface area contributed by atoms with Gasteiger partial charge in [0.1, 0.15) is 0 Å². The van der Waals surface area contributed by atoms with E-state index in [0.717, 1.165) is 23.2 Å². The van der Waals surface area contributed by atoms with E-state index >= 15 is 0 Å². The van der Waals surface area contributed by atoms with E-state index in [4.69, 9.17) is 5.26 Å². The highest BCUT2D eigenvalue weighted by molar-refractivity contribution is 7.89. The van der Waals surface area contributed by atoms with Crippen molar-refractivity contribution in [3.05, 3.63) is 89.5 Å². The predicted octanol–water partition coefficient (Wildman–Crippen LogP) is 4.30. The molecule has 0 radical (unpaired) electrons. The van der Waals surface area contributed by atoms with Gasteiger partial charge in [0.05, 0.1) is 16.5 Å². The fourth-order valence-electron chi connectivity index (χ4n) is 3.93. The maximum atomic E-state index is 12.7. The van der Waals surface area contributed by atoms with Crippen LogP contribution in [0.4, 0.5) is 0 Å². The standard InChI is InChI=1S/C25H25N3O2S/c26-17-21-6-5-8-24(16-21)31(29,30)27-18-23-7-1-2-9-25(23)22-12-10-20(11-13-22)19-28-14-3-4-15-28/h1-2,5-13,16,27H,3-4,14-15,18-19H2. The zero-order chi connectivity index (χ0) is 21.7. The summed E-state index contributed by atoms with van der Waals surface area (Å²) in [5.74, 6) is 0. The van der Waals surface area contributed by atoms with Crippen LogP contribution in [0.25, 0.3) is 11.1 Å². The molecule has 5 nitrogen and oxygen atoms in total. The second-order valence-corrected chi connectivity index (χ2v) is 9.57. The van der Waals surface area contributed by atoms with Crippen molar-refractivity contribution in [3.8, 4) is 17.2 Å². The number of nitrogens with one attached hydrogen (secondary N) is 1. The van der Waals surface area contributed by atoms with E-state index in [1.54, 1.807) is 12.1 Å². The van der Waals surface area contributed by atoms with Gasteiger partial charge in [-0.3, -0.25) is 4.90 Å². The minimum atomic E-state index is -3.72. The Balaban J connectivity index is 1.50. The molecule has 1 aliphatic rings. The second-order valence-electron chi connectivity index (χ2n) is 7.80. The summed E-state index contributed by atoms with van der Waals surface area (Å²) < 4.78 is 28.1. The predicted molar refractivity (Wildman–Crippen MR) is 122 cm³/mol. The van der Waals surface area contributed by atoms with Crippen LogP contribution in [0.3, 0.4) is 0 Å². The number of likely N-dealkylation sites (tertiary alicyclic amines) is 1. The Morgan fingerprint density at radius 2 is 1.68 bits per heavy atom. The van der Waals surface area contributed by atoms with Crippen LogP contribution in [0.1, 0.15) is 29.5 Å². The van der Waals surface area contributed by atoms with Crippen molar-refractivity contribution in [2.75, 3.05) is 13.1 Å². The van der Waals surface area contributed by atoms with Gasteiger partial charge in [0.2, 0.25) is 10.0 Å². The minimum absolute atomic E-state index is 0.0929. The first-order valence-electron chi connectivity index (χ1n) is 10.4. The first kappa shape index (κ1) is 21.3. The third kappa shape index (κ3) is 5.20. The first-order valence-corrected chi connectivity index (χ1v) is 11.9. The van der Waals surface area contributed by atoms with E-state index in [9.17, 15) is 8.42 Å². The molecule has 3 aromatic rings. The fraction of sp³-hybridized carbons (Fsp3) is 0.240. The van der Waals surface area contributed by atoms with Gasteiger partial charge in [-0.1, -0.05) is 54.6 Å². The average Bonchev–Trinajstić information content (AvgIpc) is 3.32. The number of nitriles is 1. The summed E-state index contributed by atoms with van der Waals surface area (Å²) in [6, 6.07) is 24.3. The summed E-state index contributed by atoms with van der Waals surface area (Å²) in [6.07, 6.45) is 2.56. The molecule has 0 spiro atoms. The van der Waals surface area contributed by atoms with E-state index < -0.39 is 10.0 Å². The van der Waals surface area contributed by atoms with Gasteiger partial charge in [0, 0.05) is 13.1 Å². The zero-order valence-electron chi connectivity index (χ0n) is 17.3. The molecule has 4 rings (SSSR count). The van der Waals surface area contributed by atoms with Crippen LogP contribution in [0.15, 0.2) is 77.7 Å². The lowest BCUT2D eigenvalue weighted by atomic mass is 9.98. The van der Waals surface area contributed by atoms with E-state index in [0.29, 0.717) is 5.56 Å². The Morgan fingerprint density at radius 3 is 2.42 bits per heavy atom. The Kier molecular flexibility index (Phi) is 6.47. The molecule has 0 saturated carbocycles. The van der Waals surface area contributed by atoms with Gasteiger partial charge in [-0.2, -0.15) is 5.26 Å². The van der Waals surface area contributed by atoms with Gasteiger partial charge < -0.3 is 0 Å². The Morgan fingerprint density at radius 1 is 0.935 bits per heavy atom. The van der Waals surface area contributed by atoms with Crippen LogP contribution in [0, 0.1) is 11.3 Å². The smallest absolute Gasteiger partial charge is 0.240 e. The van der Waals surface area contributed by atoms with Crippen molar-refractivity contribution in [2.45, 2.75) is 30.8 Å². The van der Waals surface area contributed by atoms with Gasteiger partial charge in [0.25, 0.3) is 0 Å². The van der Waals surface area contributed by atoms with E-state index in [1.165, 1.54) is 43.6 Å². The summed E-state index contributed by atoms with van der Waals surface area (Å²) >= 11 is 0. The molecular formula is C25H25N3O2S. The van der Waals surface area contributed by atoms with Gasteiger partial charge >= 0.3 is 0 Å². The lowest BCUT2D eigenvalue weighted by molar-refractivity contribution is 0.331. The maximum absolute atomic E-state index is 12.7. The summed E-state index contributed by atoms with van der Waals surface area (Å²) in [4.78, 5) is 2.56. The Bertz CT molecular complexity index is 1190. The topological polar surface area (TPSA) is 73.2 Å². The van der Waals surface area contributed by atoms with Crippen LogP contribution < -0.4 is 4.72 Å². The summed E-state index contributed by atoms with van der Waals surface area (Å²) in [7, 11) is -3.72. The van der Waals surface area contributed by atoms with Crippen molar-refractivity contribution in [1.29, 1.82) is 5.26 Å². The lowest BCUT2D eigenvalue weighted by Gasteiger charge is -2.15. The highest BCUT2D eigenvalue weighted by Crippen LogP contribution is 2.25. The number of hydrogen-bond acceptors (Lipinski definition) is 4. The van der Waals surface area contributed by atoms with Crippen molar-refractivity contribution in [2.24, 2.45) is 0 Å². The highest BCUT2D eigenvalue weighted by atomic mass is 32.2. The van der Waals surface area contributed by atoms with Crippen LogP contribution in [-0.4, -0.2) is 26.4 Å². The number of benzene rings is 3. The highest BCUT2D eigenvalue weighted by Gasteiger charge is 2.16. The second kappa shape index (κ2) is 9.44. The van der Waals surface area contributed by atoms with Crippen LogP contribution >= 0.6 is 0 Å². The molecular weight excluding hydrogens is 406 g/mol. The molecule has 6 heteroatoms. The molecule has 0 aliphatic carbocycles. The number of sulfonamides is 1. The molecule has 1 heterocycles. The molecule has 0 aromatic heterocycles. The van der Waals surface area contributed by atoms with Crippen LogP contribution in [-0.2, 0) is 23.1 Å². The van der Waals surface area contributed by atoms with Gasteiger partial charge in [-0.25, -0.2) is 13.1 Å². The molecule has 1 N–H and O–H groups in total. The van der Waals surface area contributed by atoms with Crippen molar-refractivity contribution >= 4 is 10.0 Å². The normalized spacial score (nSPS) is 14.4. The Labute approximate surface area is 184 Å². The van der Waals surface area contributed by atoms with Crippen molar-refractivity contribution in [1.82, 2.24) is 9.62 Å². The molecule has 3 aromatic carbocycles. The average molecular weight is 432 g/mol. The van der Waals surface area contributed by atoms with Crippen molar-refractivity contribution < 1.29 is 8.42 Å². The van der Waals surface area contributed by atoms with Gasteiger partial charge in [0.15, 0.2) is 0 Å². The van der Waals surface area contributed by atoms with Crippen LogP contribution in [0.5, 0.6) is 0 Å². The summed E-state index contributed by atoms with van der Waals surface area (Å²) in [5, 5.41) is 9.03. The van der Waals surface area contributed by atoms with Crippen LogP contribution in [0.2, 0.25) is 0 Å². The zero-order valence-corrected chi connectivity index (χ0v) is 18.1. The number of rotatable bonds is 7. The van der Waals surface area contributed by atoms with Crippen molar-refractivity contribution in [3.63, 3.8) is 0 Å². The minimum Gasteiger partial charge on any atom is -0.299 e. The van der Waals surface area contributed by atoms with E-state index in [-0.39, 0.29) is 11.4 Å². The molecule has 158 valence electrons. The molecule has 0 amide bonds. The lowest BCUT2D eigenvalue weighted by Crippen LogP contribution is -2.23. The molecule has 1 aliphatic heterocycles. The SMILES string of the molecule is N#Cc1cccc(S(=O)(=O)NCc2ccccc2-c2ccc(CN3CCCC3)cc2)c1. The molecule has 31 heavy (non-hydrogen) atoms. The van der Waals surface area contributed by atoms with E-state index in [2.05, 4.69) is 33.9 Å². The largest absolute Gasteiger partial charge is 0.299 e. The molecule has 0 bridgehead atoms. The molecule has 0 atom stereocenters. The first-order chi connectivity index (χ1) is 15.0. The third-order valence-corrected chi connectivity index (χ3v) is 7.01.